The number of amides is 1. The van der Waals surface area contributed by atoms with E-state index in [9.17, 15) is 9.59 Å². The summed E-state index contributed by atoms with van der Waals surface area (Å²) >= 11 is 0. The SMILES string of the molecule is COCCOc1ccc(C(=O)N2CCC[C@@H]2C(=O)O)cc1. The molecule has 1 saturated heterocycles. The predicted molar refractivity (Wildman–Crippen MR) is 75.5 cm³/mol. The molecule has 0 unspecified atom stereocenters. The number of ether oxygens (including phenoxy) is 2. The Hall–Kier alpha value is -2.08. The minimum atomic E-state index is -0.944. The van der Waals surface area contributed by atoms with Crippen LogP contribution in [0.1, 0.15) is 23.2 Å². The third kappa shape index (κ3) is 3.72. The van der Waals surface area contributed by atoms with Crippen LogP contribution < -0.4 is 4.74 Å². The summed E-state index contributed by atoms with van der Waals surface area (Å²) in [5, 5.41) is 9.12. The van der Waals surface area contributed by atoms with E-state index in [1.807, 2.05) is 0 Å². The van der Waals surface area contributed by atoms with Gasteiger partial charge in [0.1, 0.15) is 18.4 Å². The van der Waals surface area contributed by atoms with Crippen molar-refractivity contribution >= 4 is 11.9 Å². The molecule has 1 atom stereocenters. The molecule has 2 rings (SSSR count). The van der Waals surface area contributed by atoms with Crippen molar-refractivity contribution in [1.82, 2.24) is 4.90 Å². The van der Waals surface area contributed by atoms with Gasteiger partial charge in [-0.25, -0.2) is 4.79 Å². The summed E-state index contributed by atoms with van der Waals surface area (Å²) in [6, 6.07) is 6.00. The molecule has 1 fully saturated rings. The van der Waals surface area contributed by atoms with Crippen molar-refractivity contribution in [1.29, 1.82) is 0 Å². The molecule has 1 heterocycles. The van der Waals surface area contributed by atoms with Gasteiger partial charge in [0.05, 0.1) is 6.61 Å². The van der Waals surface area contributed by atoms with Gasteiger partial charge < -0.3 is 19.5 Å². The number of likely N-dealkylation sites (tertiary alicyclic amines) is 1. The van der Waals surface area contributed by atoms with Crippen LogP contribution in [0, 0.1) is 0 Å². The highest BCUT2D eigenvalue weighted by atomic mass is 16.5. The van der Waals surface area contributed by atoms with Gasteiger partial charge in [-0.3, -0.25) is 4.79 Å². The summed E-state index contributed by atoms with van der Waals surface area (Å²) in [5.74, 6) is -0.538. The number of carboxylic acids is 1. The number of hydrogen-bond donors (Lipinski definition) is 1. The molecular formula is C15H19NO5. The lowest BCUT2D eigenvalue weighted by Gasteiger charge is -2.21. The first-order valence-corrected chi connectivity index (χ1v) is 6.89. The number of rotatable bonds is 6. The Morgan fingerprint density at radius 1 is 1.29 bits per heavy atom. The summed E-state index contributed by atoms with van der Waals surface area (Å²) in [5.41, 5.74) is 0.474. The quantitative estimate of drug-likeness (QED) is 0.802. The number of carboxylic acid groups (broad SMARTS) is 1. The second kappa shape index (κ2) is 7.08. The molecule has 0 radical (unpaired) electrons. The normalized spacial score (nSPS) is 17.8. The van der Waals surface area contributed by atoms with Crippen LogP contribution in [-0.2, 0) is 9.53 Å². The molecule has 1 aromatic carbocycles. The molecule has 1 aliphatic rings. The highest BCUT2D eigenvalue weighted by molar-refractivity contribution is 5.97. The molecule has 0 bridgehead atoms. The molecule has 0 aromatic heterocycles. The van der Waals surface area contributed by atoms with Gasteiger partial charge in [-0.2, -0.15) is 0 Å². The number of carbonyl (C=O) groups excluding carboxylic acids is 1. The summed E-state index contributed by atoms with van der Waals surface area (Å²) < 4.78 is 10.3. The van der Waals surface area contributed by atoms with E-state index in [4.69, 9.17) is 14.6 Å². The highest BCUT2D eigenvalue weighted by Crippen LogP contribution is 2.21. The molecule has 1 amide bonds. The van der Waals surface area contributed by atoms with E-state index in [2.05, 4.69) is 0 Å². The topological polar surface area (TPSA) is 76.1 Å². The van der Waals surface area contributed by atoms with E-state index in [0.29, 0.717) is 37.5 Å². The average molecular weight is 293 g/mol. The van der Waals surface area contributed by atoms with E-state index < -0.39 is 12.0 Å². The minimum Gasteiger partial charge on any atom is -0.491 e. The Morgan fingerprint density at radius 2 is 2.00 bits per heavy atom. The van der Waals surface area contributed by atoms with Crippen LogP contribution >= 0.6 is 0 Å². The fraction of sp³-hybridized carbons (Fsp3) is 0.467. The fourth-order valence-corrected chi connectivity index (χ4v) is 2.37. The Morgan fingerprint density at radius 3 is 2.62 bits per heavy atom. The molecule has 1 N–H and O–H groups in total. The average Bonchev–Trinajstić information content (AvgIpc) is 2.97. The van der Waals surface area contributed by atoms with E-state index >= 15 is 0 Å². The highest BCUT2D eigenvalue weighted by Gasteiger charge is 2.34. The lowest BCUT2D eigenvalue weighted by molar-refractivity contribution is -0.141. The Balaban J connectivity index is 2.01. The zero-order valence-corrected chi connectivity index (χ0v) is 11.9. The van der Waals surface area contributed by atoms with Gasteiger partial charge in [0.25, 0.3) is 5.91 Å². The van der Waals surface area contributed by atoms with Crippen molar-refractivity contribution in [2.24, 2.45) is 0 Å². The smallest absolute Gasteiger partial charge is 0.326 e. The van der Waals surface area contributed by atoms with Gasteiger partial charge in [-0.1, -0.05) is 0 Å². The fourth-order valence-electron chi connectivity index (χ4n) is 2.37. The summed E-state index contributed by atoms with van der Waals surface area (Å²) in [6.07, 6.45) is 1.24. The first-order valence-electron chi connectivity index (χ1n) is 6.89. The van der Waals surface area contributed by atoms with Crippen molar-refractivity contribution in [3.63, 3.8) is 0 Å². The molecule has 21 heavy (non-hydrogen) atoms. The molecule has 6 heteroatoms. The lowest BCUT2D eigenvalue weighted by Crippen LogP contribution is -2.40. The van der Waals surface area contributed by atoms with E-state index in [1.165, 1.54) is 4.90 Å². The van der Waals surface area contributed by atoms with E-state index in [0.717, 1.165) is 6.42 Å². The molecular weight excluding hydrogens is 274 g/mol. The van der Waals surface area contributed by atoms with Gasteiger partial charge in [-0.05, 0) is 37.1 Å². The summed E-state index contributed by atoms with van der Waals surface area (Å²) in [7, 11) is 1.60. The maximum absolute atomic E-state index is 12.3. The molecule has 0 spiro atoms. The minimum absolute atomic E-state index is 0.247. The summed E-state index contributed by atoms with van der Waals surface area (Å²) in [6.45, 7) is 1.42. The Bertz CT molecular complexity index is 499. The third-order valence-corrected chi connectivity index (χ3v) is 3.46. The van der Waals surface area contributed by atoms with Crippen molar-refractivity contribution < 1.29 is 24.2 Å². The van der Waals surface area contributed by atoms with Crippen LogP contribution in [0.4, 0.5) is 0 Å². The van der Waals surface area contributed by atoms with Crippen molar-refractivity contribution in [2.45, 2.75) is 18.9 Å². The molecule has 114 valence electrons. The molecule has 0 saturated carbocycles. The van der Waals surface area contributed by atoms with Gasteiger partial charge in [0, 0.05) is 19.2 Å². The zero-order valence-electron chi connectivity index (χ0n) is 11.9. The molecule has 1 aromatic rings. The lowest BCUT2D eigenvalue weighted by atomic mass is 10.1. The first kappa shape index (κ1) is 15.3. The molecule has 6 nitrogen and oxygen atoms in total. The van der Waals surface area contributed by atoms with Crippen molar-refractivity contribution in [3.05, 3.63) is 29.8 Å². The van der Waals surface area contributed by atoms with Gasteiger partial charge in [0.2, 0.25) is 0 Å². The second-order valence-corrected chi connectivity index (χ2v) is 4.86. The number of nitrogens with zero attached hydrogens (tertiary/aromatic N) is 1. The van der Waals surface area contributed by atoms with Gasteiger partial charge >= 0.3 is 5.97 Å². The first-order chi connectivity index (χ1) is 10.1. The Kier molecular flexibility index (Phi) is 5.16. The molecule has 1 aliphatic heterocycles. The van der Waals surface area contributed by atoms with Gasteiger partial charge in [0.15, 0.2) is 0 Å². The van der Waals surface area contributed by atoms with Crippen LogP contribution in [0.5, 0.6) is 5.75 Å². The predicted octanol–water partition coefficient (Wildman–Crippen LogP) is 1.40. The van der Waals surface area contributed by atoms with Crippen molar-refractivity contribution in [2.75, 3.05) is 26.9 Å². The zero-order chi connectivity index (χ0) is 15.2. The maximum Gasteiger partial charge on any atom is 0.326 e. The largest absolute Gasteiger partial charge is 0.491 e. The van der Waals surface area contributed by atoms with Crippen LogP contribution in [0.2, 0.25) is 0 Å². The monoisotopic (exact) mass is 293 g/mol. The number of aliphatic carboxylic acids is 1. The van der Waals surface area contributed by atoms with Crippen LogP contribution in [0.3, 0.4) is 0 Å². The van der Waals surface area contributed by atoms with Crippen LogP contribution in [0.25, 0.3) is 0 Å². The molecule has 0 aliphatic carbocycles. The van der Waals surface area contributed by atoms with Crippen molar-refractivity contribution in [3.8, 4) is 5.75 Å². The number of methoxy groups -OCH3 is 1. The van der Waals surface area contributed by atoms with E-state index in [1.54, 1.807) is 31.4 Å². The maximum atomic E-state index is 12.3. The number of carbonyl (C=O) groups is 2. The summed E-state index contributed by atoms with van der Waals surface area (Å²) in [4.78, 5) is 24.9. The standard InChI is InChI=1S/C15H19NO5/c1-20-9-10-21-12-6-4-11(5-7-12)14(17)16-8-2-3-13(16)15(18)19/h4-7,13H,2-3,8-10H2,1H3,(H,18,19)/t13-/m1/s1. The third-order valence-electron chi connectivity index (χ3n) is 3.46. The van der Waals surface area contributed by atoms with Crippen LogP contribution in [-0.4, -0.2) is 54.8 Å². The van der Waals surface area contributed by atoms with Gasteiger partial charge in [-0.15, -0.1) is 0 Å². The second-order valence-electron chi connectivity index (χ2n) is 4.86. The van der Waals surface area contributed by atoms with Crippen LogP contribution in [0.15, 0.2) is 24.3 Å². The Labute approximate surface area is 123 Å². The number of benzene rings is 1. The van der Waals surface area contributed by atoms with E-state index in [-0.39, 0.29) is 5.91 Å². The number of hydrogen-bond acceptors (Lipinski definition) is 4.